The molecule has 0 atom stereocenters. The van der Waals surface area contributed by atoms with Gasteiger partial charge in [0.15, 0.2) is 16.6 Å². The SMILES string of the molecule is CCN(C)c1snc(N)c1OC. The van der Waals surface area contributed by atoms with Crippen molar-refractivity contribution in [2.75, 3.05) is 31.3 Å². The number of nitrogens with two attached hydrogens (primary N) is 1. The van der Waals surface area contributed by atoms with E-state index in [4.69, 9.17) is 10.5 Å². The fraction of sp³-hybridized carbons (Fsp3) is 0.571. The van der Waals surface area contributed by atoms with Crippen LogP contribution in [-0.4, -0.2) is 25.1 Å². The van der Waals surface area contributed by atoms with Crippen LogP contribution in [0.3, 0.4) is 0 Å². The molecule has 1 rings (SSSR count). The molecule has 0 bridgehead atoms. The van der Waals surface area contributed by atoms with Gasteiger partial charge >= 0.3 is 0 Å². The lowest BCUT2D eigenvalue weighted by molar-refractivity contribution is 0.418. The Morgan fingerprint density at radius 2 is 2.33 bits per heavy atom. The minimum absolute atomic E-state index is 0.470. The zero-order valence-electron chi connectivity index (χ0n) is 7.50. The summed E-state index contributed by atoms with van der Waals surface area (Å²) in [4.78, 5) is 2.05. The molecule has 1 heterocycles. The molecule has 1 aromatic heterocycles. The molecule has 0 amide bonds. The second kappa shape index (κ2) is 3.62. The van der Waals surface area contributed by atoms with Gasteiger partial charge in [0.1, 0.15) is 0 Å². The summed E-state index contributed by atoms with van der Waals surface area (Å²) in [6.07, 6.45) is 0. The lowest BCUT2D eigenvalue weighted by atomic mass is 10.5. The van der Waals surface area contributed by atoms with Crippen LogP contribution < -0.4 is 15.4 Å². The molecule has 2 N–H and O–H groups in total. The number of rotatable bonds is 3. The molecule has 0 saturated carbocycles. The Hall–Kier alpha value is -0.970. The highest BCUT2D eigenvalue weighted by molar-refractivity contribution is 7.11. The number of hydrogen-bond acceptors (Lipinski definition) is 5. The maximum atomic E-state index is 5.59. The fourth-order valence-electron chi connectivity index (χ4n) is 0.863. The highest BCUT2D eigenvalue weighted by Gasteiger charge is 2.14. The van der Waals surface area contributed by atoms with Gasteiger partial charge in [-0.3, -0.25) is 0 Å². The molecule has 0 aliphatic rings. The Labute approximate surface area is 76.1 Å². The van der Waals surface area contributed by atoms with Crippen LogP contribution in [0.5, 0.6) is 5.75 Å². The molecule has 12 heavy (non-hydrogen) atoms. The predicted molar refractivity (Wildman–Crippen MR) is 52.0 cm³/mol. The van der Waals surface area contributed by atoms with Gasteiger partial charge in [-0.25, -0.2) is 0 Å². The highest BCUT2D eigenvalue weighted by Crippen LogP contribution is 2.36. The largest absolute Gasteiger partial charge is 0.490 e. The van der Waals surface area contributed by atoms with Crippen molar-refractivity contribution < 1.29 is 4.74 Å². The van der Waals surface area contributed by atoms with Crippen molar-refractivity contribution in [1.29, 1.82) is 0 Å². The van der Waals surface area contributed by atoms with Crippen molar-refractivity contribution in [1.82, 2.24) is 4.37 Å². The molecule has 0 fully saturated rings. The van der Waals surface area contributed by atoms with Gasteiger partial charge in [-0.05, 0) is 18.5 Å². The monoisotopic (exact) mass is 187 g/mol. The third kappa shape index (κ3) is 1.45. The van der Waals surface area contributed by atoms with Gasteiger partial charge < -0.3 is 15.4 Å². The van der Waals surface area contributed by atoms with Crippen molar-refractivity contribution in [3.05, 3.63) is 0 Å². The molecular formula is C7H13N3OS. The van der Waals surface area contributed by atoms with Crippen molar-refractivity contribution in [3.63, 3.8) is 0 Å². The molecule has 4 nitrogen and oxygen atoms in total. The Kier molecular flexibility index (Phi) is 2.75. The van der Waals surface area contributed by atoms with Crippen LogP contribution in [0.2, 0.25) is 0 Å². The Morgan fingerprint density at radius 3 is 2.83 bits per heavy atom. The quantitative estimate of drug-likeness (QED) is 0.772. The Balaban J connectivity index is 2.98. The first-order valence-corrected chi connectivity index (χ1v) is 4.48. The van der Waals surface area contributed by atoms with E-state index in [1.807, 2.05) is 11.9 Å². The third-order valence-corrected chi connectivity index (χ3v) is 2.64. The number of nitrogens with zero attached hydrogens (tertiary/aromatic N) is 2. The summed E-state index contributed by atoms with van der Waals surface area (Å²) in [5.41, 5.74) is 5.59. The van der Waals surface area contributed by atoms with E-state index in [0.29, 0.717) is 11.6 Å². The normalized spacial score (nSPS) is 9.92. The van der Waals surface area contributed by atoms with Gasteiger partial charge in [0.05, 0.1) is 7.11 Å². The van der Waals surface area contributed by atoms with Crippen molar-refractivity contribution in [2.24, 2.45) is 0 Å². The van der Waals surface area contributed by atoms with Gasteiger partial charge in [-0.1, -0.05) is 0 Å². The van der Waals surface area contributed by atoms with E-state index in [0.717, 1.165) is 11.5 Å². The molecule has 1 aromatic rings. The first-order chi connectivity index (χ1) is 5.70. The Morgan fingerprint density at radius 1 is 1.67 bits per heavy atom. The molecule has 0 aliphatic carbocycles. The van der Waals surface area contributed by atoms with Gasteiger partial charge in [0.2, 0.25) is 0 Å². The number of methoxy groups -OCH3 is 1. The number of ether oxygens (including phenoxy) is 1. The first-order valence-electron chi connectivity index (χ1n) is 3.71. The lowest BCUT2D eigenvalue weighted by Gasteiger charge is -2.14. The molecule has 0 radical (unpaired) electrons. The van der Waals surface area contributed by atoms with E-state index < -0.39 is 0 Å². The Bertz CT molecular complexity index is 261. The maximum absolute atomic E-state index is 5.59. The van der Waals surface area contributed by atoms with Crippen LogP contribution in [0.25, 0.3) is 0 Å². The molecule has 0 saturated heterocycles. The molecule has 0 aliphatic heterocycles. The zero-order chi connectivity index (χ0) is 9.14. The van der Waals surface area contributed by atoms with E-state index in [9.17, 15) is 0 Å². The molecule has 0 spiro atoms. The molecule has 0 aromatic carbocycles. The predicted octanol–water partition coefficient (Wildman–Crippen LogP) is 1.19. The van der Waals surface area contributed by atoms with Crippen LogP contribution in [0.15, 0.2) is 0 Å². The van der Waals surface area contributed by atoms with E-state index in [1.165, 1.54) is 11.5 Å². The molecule has 5 heteroatoms. The summed E-state index contributed by atoms with van der Waals surface area (Å²) in [6, 6.07) is 0. The van der Waals surface area contributed by atoms with Crippen LogP contribution in [0, 0.1) is 0 Å². The molecule has 0 unspecified atom stereocenters. The summed E-state index contributed by atoms with van der Waals surface area (Å²) in [5.74, 6) is 1.15. The fourth-order valence-corrected chi connectivity index (χ4v) is 1.67. The van der Waals surface area contributed by atoms with Crippen molar-refractivity contribution >= 4 is 22.4 Å². The summed E-state index contributed by atoms with van der Waals surface area (Å²) < 4.78 is 9.13. The van der Waals surface area contributed by atoms with Crippen LogP contribution >= 0.6 is 11.5 Å². The number of nitrogen functional groups attached to an aromatic ring is 1. The van der Waals surface area contributed by atoms with E-state index in [1.54, 1.807) is 7.11 Å². The van der Waals surface area contributed by atoms with Crippen LogP contribution in [0.1, 0.15) is 6.92 Å². The lowest BCUT2D eigenvalue weighted by Crippen LogP contribution is -2.15. The average Bonchev–Trinajstić information content (AvgIpc) is 2.45. The van der Waals surface area contributed by atoms with E-state index in [2.05, 4.69) is 11.3 Å². The minimum Gasteiger partial charge on any atom is -0.490 e. The topological polar surface area (TPSA) is 51.4 Å². The summed E-state index contributed by atoms with van der Waals surface area (Å²) >= 11 is 1.36. The summed E-state index contributed by atoms with van der Waals surface area (Å²) in [7, 11) is 3.59. The van der Waals surface area contributed by atoms with E-state index in [-0.39, 0.29) is 0 Å². The number of anilines is 2. The van der Waals surface area contributed by atoms with Gasteiger partial charge in [-0.2, -0.15) is 4.37 Å². The molecular weight excluding hydrogens is 174 g/mol. The smallest absolute Gasteiger partial charge is 0.197 e. The van der Waals surface area contributed by atoms with E-state index >= 15 is 0 Å². The highest BCUT2D eigenvalue weighted by atomic mass is 32.1. The molecule has 68 valence electrons. The summed E-state index contributed by atoms with van der Waals surface area (Å²) in [6.45, 7) is 2.98. The first kappa shape index (κ1) is 9.12. The maximum Gasteiger partial charge on any atom is 0.197 e. The van der Waals surface area contributed by atoms with Crippen molar-refractivity contribution in [3.8, 4) is 5.75 Å². The van der Waals surface area contributed by atoms with Crippen molar-refractivity contribution in [2.45, 2.75) is 6.92 Å². The third-order valence-electron chi connectivity index (χ3n) is 1.68. The van der Waals surface area contributed by atoms with Gasteiger partial charge in [0.25, 0.3) is 0 Å². The standard InChI is InChI=1S/C7H13N3OS/c1-4-10(2)7-5(11-3)6(8)9-12-7/h4H2,1-3H3,(H2,8,9). The van der Waals surface area contributed by atoms with Crippen LogP contribution in [-0.2, 0) is 0 Å². The average molecular weight is 187 g/mol. The number of aromatic nitrogens is 1. The summed E-state index contributed by atoms with van der Waals surface area (Å²) in [5, 5.41) is 0.984. The number of hydrogen-bond donors (Lipinski definition) is 1. The van der Waals surface area contributed by atoms with Crippen LogP contribution in [0.4, 0.5) is 10.8 Å². The van der Waals surface area contributed by atoms with Gasteiger partial charge in [0, 0.05) is 13.6 Å². The second-order valence-electron chi connectivity index (χ2n) is 2.42. The van der Waals surface area contributed by atoms with Gasteiger partial charge in [-0.15, -0.1) is 0 Å². The second-order valence-corrected chi connectivity index (χ2v) is 3.17. The zero-order valence-corrected chi connectivity index (χ0v) is 8.31. The minimum atomic E-state index is 0.470.